The summed E-state index contributed by atoms with van der Waals surface area (Å²) in [6, 6.07) is 6.58. The molecule has 0 fully saturated rings. The van der Waals surface area contributed by atoms with Crippen LogP contribution in [0.4, 0.5) is 0 Å². The number of Topliss-reactive ketones (excluding diaryl/α,β-unsaturated/α-hetero) is 1. The zero-order chi connectivity index (χ0) is 20.0. The van der Waals surface area contributed by atoms with Crippen molar-refractivity contribution in [2.75, 3.05) is 0 Å². The first-order valence-corrected chi connectivity index (χ1v) is 9.38. The van der Waals surface area contributed by atoms with E-state index in [1.165, 1.54) is 17.1 Å². The zero-order valence-electron chi connectivity index (χ0n) is 15.8. The summed E-state index contributed by atoms with van der Waals surface area (Å²) >= 11 is 5.91. The Morgan fingerprint density at radius 1 is 1.30 bits per heavy atom. The number of aromatic nitrogens is 2. The number of hydrogen-bond donors (Lipinski definition) is 1. The lowest BCUT2D eigenvalue weighted by atomic mass is 9.69. The number of carboxylic acids is 1. The van der Waals surface area contributed by atoms with E-state index < -0.39 is 29.3 Å². The molecule has 0 aliphatic rings. The van der Waals surface area contributed by atoms with E-state index in [9.17, 15) is 14.7 Å². The maximum atomic E-state index is 13.5. The van der Waals surface area contributed by atoms with Crippen LogP contribution in [0, 0.1) is 11.3 Å². The second-order valence-electron chi connectivity index (χ2n) is 6.83. The minimum atomic E-state index is -1.54. The Bertz CT molecular complexity index is 759. The van der Waals surface area contributed by atoms with Gasteiger partial charge in [0.05, 0.1) is 6.33 Å². The number of carbonyl (C=O) groups is 2. The molecule has 2 unspecified atom stereocenters. The average molecular weight is 393 g/mol. The zero-order valence-corrected chi connectivity index (χ0v) is 16.5. The number of ether oxygens (including phenoxy) is 1. The van der Waals surface area contributed by atoms with Crippen LogP contribution in [0.1, 0.15) is 46.3 Å². The van der Waals surface area contributed by atoms with Crippen molar-refractivity contribution in [1.29, 1.82) is 0 Å². The number of hydrogen-bond acceptors (Lipinski definition) is 4. The van der Waals surface area contributed by atoms with Crippen molar-refractivity contribution in [3.63, 3.8) is 0 Å². The van der Waals surface area contributed by atoms with Crippen molar-refractivity contribution in [3.05, 3.63) is 48.0 Å². The maximum Gasteiger partial charge on any atom is 0.317 e. The third kappa shape index (κ3) is 4.50. The Hall–Kier alpha value is -2.34. The van der Waals surface area contributed by atoms with E-state index in [-0.39, 0.29) is 6.42 Å². The molecule has 7 heteroatoms. The van der Waals surface area contributed by atoms with E-state index in [2.05, 4.69) is 4.98 Å². The monoisotopic (exact) mass is 392 g/mol. The summed E-state index contributed by atoms with van der Waals surface area (Å²) in [7, 11) is 0. The Morgan fingerprint density at radius 3 is 2.44 bits per heavy atom. The molecule has 6 nitrogen and oxygen atoms in total. The third-order valence-corrected chi connectivity index (χ3v) is 5.06. The van der Waals surface area contributed by atoms with Gasteiger partial charge >= 0.3 is 5.97 Å². The fraction of sp³-hybridized carbons (Fsp3) is 0.450. The van der Waals surface area contributed by atoms with Gasteiger partial charge in [0.25, 0.3) is 0 Å². The summed E-state index contributed by atoms with van der Waals surface area (Å²) < 4.78 is 7.40. The second kappa shape index (κ2) is 9.04. The largest absolute Gasteiger partial charge is 0.480 e. The number of unbranched alkanes of at least 4 members (excludes halogenated alkanes) is 1. The van der Waals surface area contributed by atoms with Crippen LogP contribution in [0.15, 0.2) is 43.0 Å². The Balaban J connectivity index is 2.46. The number of imidazole rings is 1. The second-order valence-corrected chi connectivity index (χ2v) is 7.27. The van der Waals surface area contributed by atoms with Gasteiger partial charge in [0.2, 0.25) is 12.0 Å². The number of benzene rings is 1. The molecule has 0 aliphatic heterocycles. The van der Waals surface area contributed by atoms with Crippen molar-refractivity contribution in [1.82, 2.24) is 9.55 Å². The fourth-order valence-corrected chi connectivity index (χ4v) is 3.26. The minimum absolute atomic E-state index is 0.254. The van der Waals surface area contributed by atoms with Crippen molar-refractivity contribution in [2.24, 2.45) is 11.3 Å². The molecular formula is C20H25ClN2O4. The van der Waals surface area contributed by atoms with E-state index in [0.717, 1.165) is 6.42 Å². The third-order valence-electron chi connectivity index (χ3n) is 4.81. The van der Waals surface area contributed by atoms with Gasteiger partial charge in [-0.3, -0.25) is 14.2 Å². The normalized spacial score (nSPS) is 14.6. The van der Waals surface area contributed by atoms with Crippen LogP contribution < -0.4 is 4.74 Å². The van der Waals surface area contributed by atoms with Gasteiger partial charge in [-0.1, -0.05) is 45.2 Å². The first kappa shape index (κ1) is 21.0. The number of carbonyl (C=O) groups excluding carboxylic acids is 1. The first-order chi connectivity index (χ1) is 12.8. The maximum absolute atomic E-state index is 13.5. The lowest BCUT2D eigenvalue weighted by Gasteiger charge is -2.35. The van der Waals surface area contributed by atoms with Crippen LogP contribution in [0.5, 0.6) is 5.75 Å². The molecule has 1 aromatic heterocycles. The Morgan fingerprint density at radius 2 is 1.96 bits per heavy atom. The summed E-state index contributed by atoms with van der Waals surface area (Å²) in [4.78, 5) is 29.8. The van der Waals surface area contributed by atoms with Crippen molar-refractivity contribution < 1.29 is 19.4 Å². The topological polar surface area (TPSA) is 81.4 Å². The predicted octanol–water partition coefficient (Wildman–Crippen LogP) is 4.60. The molecule has 0 saturated carbocycles. The number of aliphatic carboxylic acids is 1. The molecule has 0 amide bonds. The molecule has 0 bridgehead atoms. The van der Waals surface area contributed by atoms with Crippen LogP contribution in [-0.2, 0) is 9.59 Å². The molecule has 2 aromatic rings. The van der Waals surface area contributed by atoms with E-state index in [0.29, 0.717) is 17.2 Å². The highest BCUT2D eigenvalue weighted by atomic mass is 35.5. The summed E-state index contributed by atoms with van der Waals surface area (Å²) in [5.41, 5.74) is -1.54. The highest BCUT2D eigenvalue weighted by Crippen LogP contribution is 2.39. The predicted molar refractivity (Wildman–Crippen MR) is 103 cm³/mol. The average Bonchev–Trinajstić information content (AvgIpc) is 3.15. The lowest BCUT2D eigenvalue weighted by Crippen LogP contribution is -2.48. The van der Waals surface area contributed by atoms with Crippen LogP contribution in [0.3, 0.4) is 0 Å². The molecule has 1 heterocycles. The summed E-state index contributed by atoms with van der Waals surface area (Å²) in [5, 5.41) is 10.6. The molecule has 0 aliphatic carbocycles. The highest BCUT2D eigenvalue weighted by Gasteiger charge is 2.52. The standard InChI is InChI=1S/C20H25ClN2O4/c1-4-5-10-20(14(2)3,19(25)26)17(24)18(23-12-11-22-13-23)27-16-8-6-15(21)7-9-16/h6-9,11-14,18H,4-5,10H2,1-3H3,(H,25,26). The lowest BCUT2D eigenvalue weighted by molar-refractivity contribution is -0.164. The SMILES string of the molecule is CCCCC(C(=O)O)(C(=O)C(Oc1ccc(Cl)cc1)n1ccnc1)C(C)C. The molecule has 1 aromatic carbocycles. The van der Waals surface area contributed by atoms with Crippen LogP contribution >= 0.6 is 11.6 Å². The van der Waals surface area contributed by atoms with Gasteiger partial charge in [-0.15, -0.1) is 0 Å². The number of nitrogens with zero attached hydrogens (tertiary/aromatic N) is 2. The molecule has 2 rings (SSSR count). The number of rotatable bonds is 10. The van der Waals surface area contributed by atoms with Crippen LogP contribution in [0.2, 0.25) is 5.02 Å². The molecule has 1 N–H and O–H groups in total. The van der Waals surface area contributed by atoms with Gasteiger partial charge < -0.3 is 9.84 Å². The summed E-state index contributed by atoms with van der Waals surface area (Å²) in [5.74, 6) is -1.59. The fourth-order valence-electron chi connectivity index (χ4n) is 3.13. The molecule has 2 atom stereocenters. The molecule has 0 radical (unpaired) electrons. The van der Waals surface area contributed by atoms with Crippen molar-refractivity contribution in [3.8, 4) is 5.75 Å². The molecule has 27 heavy (non-hydrogen) atoms. The van der Waals surface area contributed by atoms with Gasteiger partial charge in [0, 0.05) is 17.4 Å². The van der Waals surface area contributed by atoms with Crippen molar-refractivity contribution >= 4 is 23.4 Å². The molecule has 146 valence electrons. The quantitative estimate of drug-likeness (QED) is 0.597. The van der Waals surface area contributed by atoms with Crippen LogP contribution in [-0.4, -0.2) is 26.4 Å². The molecule has 0 saturated heterocycles. The first-order valence-electron chi connectivity index (χ1n) is 9.00. The van der Waals surface area contributed by atoms with Gasteiger partial charge in [0.15, 0.2) is 0 Å². The van der Waals surface area contributed by atoms with E-state index in [1.807, 2.05) is 6.92 Å². The van der Waals surface area contributed by atoms with Gasteiger partial charge in [0.1, 0.15) is 11.2 Å². The highest BCUT2D eigenvalue weighted by molar-refractivity contribution is 6.30. The van der Waals surface area contributed by atoms with E-state index in [4.69, 9.17) is 16.3 Å². The Labute approximate surface area is 164 Å². The smallest absolute Gasteiger partial charge is 0.317 e. The number of carboxylic acid groups (broad SMARTS) is 1. The van der Waals surface area contributed by atoms with Crippen LogP contribution in [0.25, 0.3) is 0 Å². The van der Waals surface area contributed by atoms with E-state index in [1.54, 1.807) is 44.3 Å². The van der Waals surface area contributed by atoms with Crippen molar-refractivity contribution in [2.45, 2.75) is 46.3 Å². The molecule has 0 spiro atoms. The minimum Gasteiger partial charge on any atom is -0.480 e. The molecular weight excluding hydrogens is 368 g/mol. The number of halogens is 1. The van der Waals surface area contributed by atoms with Gasteiger partial charge in [-0.25, -0.2) is 4.98 Å². The van der Waals surface area contributed by atoms with Gasteiger partial charge in [-0.2, -0.15) is 0 Å². The number of ketones is 1. The summed E-state index contributed by atoms with van der Waals surface area (Å²) in [6.07, 6.45) is 5.11. The van der Waals surface area contributed by atoms with E-state index >= 15 is 0 Å². The van der Waals surface area contributed by atoms with Gasteiger partial charge in [-0.05, 0) is 36.6 Å². The Kier molecular flexibility index (Phi) is 7.02. The summed E-state index contributed by atoms with van der Waals surface area (Å²) in [6.45, 7) is 5.48.